The van der Waals surface area contributed by atoms with Crippen LogP contribution in [-0.4, -0.2) is 39.4 Å². The van der Waals surface area contributed by atoms with E-state index in [2.05, 4.69) is 4.98 Å². The third-order valence-electron chi connectivity index (χ3n) is 5.67. The minimum atomic E-state index is -5.09. The predicted octanol–water partition coefficient (Wildman–Crippen LogP) is 5.53. The molecule has 11 heteroatoms. The summed E-state index contributed by atoms with van der Waals surface area (Å²) in [4.78, 5) is 27.5. The zero-order chi connectivity index (χ0) is 25.8. The number of pyridine rings is 1. The van der Waals surface area contributed by atoms with Gasteiger partial charge in [0.15, 0.2) is 11.5 Å². The highest BCUT2D eigenvalue weighted by atomic mass is 35.5. The van der Waals surface area contributed by atoms with Gasteiger partial charge in [-0.2, -0.15) is 13.2 Å². The van der Waals surface area contributed by atoms with Crippen LogP contribution >= 0.6 is 23.2 Å². The molecule has 2 aromatic rings. The van der Waals surface area contributed by atoms with Crippen molar-refractivity contribution >= 4 is 35.1 Å². The zero-order valence-corrected chi connectivity index (χ0v) is 20.1. The highest BCUT2D eigenvalue weighted by Gasteiger charge is 2.59. The van der Waals surface area contributed by atoms with Crippen molar-refractivity contribution in [1.29, 1.82) is 0 Å². The lowest BCUT2D eigenvalue weighted by Crippen LogP contribution is -2.46. The molecule has 0 saturated heterocycles. The molecule has 0 aliphatic heterocycles. The van der Waals surface area contributed by atoms with E-state index in [-0.39, 0.29) is 22.2 Å². The van der Waals surface area contributed by atoms with Gasteiger partial charge in [-0.3, -0.25) is 9.59 Å². The molecule has 1 aromatic heterocycles. The Balaban J connectivity index is 2.40. The molecule has 6 nitrogen and oxygen atoms in total. The van der Waals surface area contributed by atoms with Crippen molar-refractivity contribution in [2.75, 3.05) is 0 Å². The van der Waals surface area contributed by atoms with Crippen LogP contribution in [0.2, 0.25) is 10.2 Å². The van der Waals surface area contributed by atoms with Crippen molar-refractivity contribution < 1.29 is 37.7 Å². The summed E-state index contributed by atoms with van der Waals surface area (Å²) >= 11 is 12.0. The van der Waals surface area contributed by atoms with Gasteiger partial charge in [-0.15, -0.1) is 0 Å². The van der Waals surface area contributed by atoms with Gasteiger partial charge in [-0.25, -0.2) is 4.98 Å². The van der Waals surface area contributed by atoms with Gasteiger partial charge >= 0.3 is 18.1 Å². The van der Waals surface area contributed by atoms with Crippen molar-refractivity contribution in [3.05, 3.63) is 63.4 Å². The largest absolute Gasteiger partial charge is 0.481 e. The molecular weight excluding hydrogens is 498 g/mol. The molecule has 4 unspecified atom stereocenters. The van der Waals surface area contributed by atoms with E-state index in [9.17, 15) is 33.0 Å². The first-order chi connectivity index (χ1) is 15.7. The number of rotatable bonds is 9. The SMILES string of the molecule is CCC(C)OC(=O)C(Cc1ccc(C(C)C(O)(c2ccnc(Cl)c2)C(F)(F)F)c(Cl)c1)C(=O)O. The van der Waals surface area contributed by atoms with Crippen LogP contribution in [0.1, 0.15) is 49.8 Å². The molecule has 0 bridgehead atoms. The van der Waals surface area contributed by atoms with Crippen LogP contribution in [0.25, 0.3) is 0 Å². The number of hydrogen-bond donors (Lipinski definition) is 2. The molecule has 34 heavy (non-hydrogen) atoms. The van der Waals surface area contributed by atoms with Crippen molar-refractivity contribution in [2.45, 2.75) is 57.4 Å². The number of carboxylic acid groups (broad SMARTS) is 1. The predicted molar refractivity (Wildman–Crippen MR) is 120 cm³/mol. The summed E-state index contributed by atoms with van der Waals surface area (Å²) in [5.41, 5.74) is -3.58. The number of alkyl halides is 3. The molecule has 0 aliphatic rings. The van der Waals surface area contributed by atoms with E-state index in [1.807, 2.05) is 0 Å². The first-order valence-electron chi connectivity index (χ1n) is 10.3. The van der Waals surface area contributed by atoms with Gasteiger partial charge in [-0.05, 0) is 54.7 Å². The fourth-order valence-electron chi connectivity index (χ4n) is 3.44. The highest BCUT2D eigenvalue weighted by Crippen LogP contribution is 2.50. The summed E-state index contributed by atoms with van der Waals surface area (Å²) in [6.45, 7) is 4.56. The summed E-state index contributed by atoms with van der Waals surface area (Å²) in [6.07, 6.45) is -4.28. The van der Waals surface area contributed by atoms with E-state index in [1.165, 1.54) is 18.2 Å². The first kappa shape index (κ1) is 27.9. The lowest BCUT2D eigenvalue weighted by Gasteiger charge is -2.37. The van der Waals surface area contributed by atoms with Gasteiger partial charge in [0.2, 0.25) is 0 Å². The van der Waals surface area contributed by atoms with Gasteiger partial charge in [-0.1, -0.05) is 49.2 Å². The molecule has 1 aromatic carbocycles. The van der Waals surface area contributed by atoms with Gasteiger partial charge in [0.1, 0.15) is 5.15 Å². The molecule has 0 aliphatic carbocycles. The van der Waals surface area contributed by atoms with Gasteiger partial charge in [0.25, 0.3) is 0 Å². The normalized spacial score (nSPS) is 16.3. The van der Waals surface area contributed by atoms with E-state index in [4.69, 9.17) is 27.9 Å². The lowest BCUT2D eigenvalue weighted by atomic mass is 9.77. The summed E-state index contributed by atoms with van der Waals surface area (Å²) in [7, 11) is 0. The number of aliphatic carboxylic acids is 1. The number of ether oxygens (including phenoxy) is 1. The Morgan fingerprint density at radius 3 is 2.29 bits per heavy atom. The summed E-state index contributed by atoms with van der Waals surface area (Å²) in [6, 6.07) is 5.84. The molecule has 0 spiro atoms. The van der Waals surface area contributed by atoms with Gasteiger partial charge < -0.3 is 14.9 Å². The first-order valence-corrected chi connectivity index (χ1v) is 11.1. The number of aliphatic hydroxyl groups is 1. The number of carbonyl (C=O) groups excluding carboxylic acids is 1. The standard InChI is InChI=1S/C23H24Cl2F3NO5/c1-4-12(2)34-21(32)17(20(30)31)9-14-5-6-16(18(24)10-14)13(3)22(33,23(26,27)28)15-7-8-29-19(25)11-15/h5-8,10-13,17,33H,4,9H2,1-3H3,(H,30,31). The fourth-order valence-corrected chi connectivity index (χ4v) is 3.98. The zero-order valence-electron chi connectivity index (χ0n) is 18.6. The van der Waals surface area contributed by atoms with Crippen molar-refractivity contribution in [3.63, 3.8) is 0 Å². The average Bonchev–Trinajstić information content (AvgIpc) is 2.75. The molecular formula is C23H24Cl2F3NO5. The second-order valence-corrected chi connectivity index (χ2v) is 8.75. The molecule has 1 heterocycles. The Morgan fingerprint density at radius 1 is 1.15 bits per heavy atom. The van der Waals surface area contributed by atoms with Crippen molar-refractivity contribution in [1.82, 2.24) is 4.98 Å². The van der Waals surface area contributed by atoms with Crippen molar-refractivity contribution in [2.24, 2.45) is 5.92 Å². The number of benzene rings is 1. The minimum Gasteiger partial charge on any atom is -0.481 e. The van der Waals surface area contributed by atoms with Crippen LogP contribution in [0.15, 0.2) is 36.5 Å². The number of nitrogens with zero attached hydrogens (tertiary/aromatic N) is 1. The Labute approximate surface area is 204 Å². The molecule has 4 atom stereocenters. The van der Waals surface area contributed by atoms with E-state index in [0.29, 0.717) is 12.0 Å². The van der Waals surface area contributed by atoms with Crippen LogP contribution in [0.3, 0.4) is 0 Å². The van der Waals surface area contributed by atoms with Crippen LogP contribution in [0, 0.1) is 5.92 Å². The van der Waals surface area contributed by atoms with Crippen LogP contribution in [0.4, 0.5) is 13.2 Å². The molecule has 186 valence electrons. The quantitative estimate of drug-likeness (QED) is 0.256. The number of carbonyl (C=O) groups is 2. The second kappa shape index (κ2) is 10.9. The van der Waals surface area contributed by atoms with E-state index >= 15 is 0 Å². The Hall–Kier alpha value is -2.36. The summed E-state index contributed by atoms with van der Waals surface area (Å²) in [5.74, 6) is -5.41. The summed E-state index contributed by atoms with van der Waals surface area (Å²) < 4.78 is 47.3. The molecule has 0 amide bonds. The topological polar surface area (TPSA) is 96.7 Å². The van der Waals surface area contributed by atoms with Crippen LogP contribution in [-0.2, 0) is 26.3 Å². The Bertz CT molecular complexity index is 1050. The van der Waals surface area contributed by atoms with Gasteiger partial charge in [0, 0.05) is 17.1 Å². The highest BCUT2D eigenvalue weighted by molar-refractivity contribution is 6.31. The number of hydrogen-bond acceptors (Lipinski definition) is 5. The fraction of sp³-hybridized carbons (Fsp3) is 0.435. The minimum absolute atomic E-state index is 0.0350. The second-order valence-electron chi connectivity index (χ2n) is 7.96. The molecule has 0 saturated carbocycles. The van der Waals surface area contributed by atoms with E-state index in [1.54, 1.807) is 13.8 Å². The third-order valence-corrected chi connectivity index (χ3v) is 6.21. The Morgan fingerprint density at radius 2 is 1.79 bits per heavy atom. The Kier molecular flexibility index (Phi) is 8.96. The molecule has 2 N–H and O–H groups in total. The molecule has 2 rings (SSSR count). The maximum atomic E-state index is 14.1. The maximum Gasteiger partial charge on any atom is 0.422 e. The smallest absolute Gasteiger partial charge is 0.422 e. The van der Waals surface area contributed by atoms with Crippen molar-refractivity contribution in [3.8, 4) is 0 Å². The monoisotopic (exact) mass is 521 g/mol. The maximum absolute atomic E-state index is 14.1. The molecule has 0 fully saturated rings. The van der Waals surface area contributed by atoms with E-state index in [0.717, 1.165) is 25.3 Å². The van der Waals surface area contributed by atoms with Gasteiger partial charge in [0.05, 0.1) is 6.10 Å². The molecule has 0 radical (unpaired) electrons. The van der Waals surface area contributed by atoms with Crippen LogP contribution < -0.4 is 0 Å². The van der Waals surface area contributed by atoms with Crippen LogP contribution in [0.5, 0.6) is 0 Å². The average molecular weight is 522 g/mol. The lowest BCUT2D eigenvalue weighted by molar-refractivity contribution is -0.274. The number of aromatic nitrogens is 1. The van der Waals surface area contributed by atoms with E-state index < -0.39 is 47.2 Å². The number of esters is 1. The number of halogens is 5. The third kappa shape index (κ3) is 6.00. The summed E-state index contributed by atoms with van der Waals surface area (Å²) in [5, 5.41) is 19.9. The number of carboxylic acids is 1.